The average Bonchev–Trinajstić information content (AvgIpc) is 3.28. The van der Waals surface area contributed by atoms with Crippen LogP contribution >= 0.6 is 35.3 Å². The summed E-state index contributed by atoms with van der Waals surface area (Å²) in [5.74, 6) is 0.0131. The van der Waals surface area contributed by atoms with Gasteiger partial charge in [-0.2, -0.15) is 5.10 Å². The number of likely N-dealkylation sites (N-methyl/N-ethyl adjacent to an activating group) is 1. The molecule has 29 heavy (non-hydrogen) atoms. The highest BCUT2D eigenvalue weighted by molar-refractivity contribution is 7.20. The van der Waals surface area contributed by atoms with E-state index in [1.807, 2.05) is 67.2 Å². The molecule has 0 bridgehead atoms. The van der Waals surface area contributed by atoms with Crippen molar-refractivity contribution in [3.05, 3.63) is 76.0 Å². The van der Waals surface area contributed by atoms with Crippen LogP contribution < -0.4 is 0 Å². The van der Waals surface area contributed by atoms with Crippen LogP contribution in [0.15, 0.2) is 54.7 Å². The molecule has 0 N–H and O–H groups in total. The first-order valence-electron chi connectivity index (χ1n) is 8.93. The number of nitrogens with zero attached hydrogens (tertiary/aromatic N) is 4. The van der Waals surface area contributed by atoms with Gasteiger partial charge in [0.05, 0.1) is 16.3 Å². The van der Waals surface area contributed by atoms with Crippen LogP contribution in [0.5, 0.6) is 0 Å². The third kappa shape index (κ3) is 4.45. The van der Waals surface area contributed by atoms with E-state index in [0.717, 1.165) is 33.7 Å². The number of hydrogen-bond acceptors (Lipinski definition) is 4. The lowest BCUT2D eigenvalue weighted by Crippen LogP contribution is -2.28. The van der Waals surface area contributed by atoms with Gasteiger partial charge in [-0.15, -0.1) is 23.7 Å². The first kappa shape index (κ1) is 21.3. The summed E-state index contributed by atoms with van der Waals surface area (Å²) in [6.45, 7) is 2.58. The first-order valence-corrected chi connectivity index (χ1v) is 10.1. The van der Waals surface area contributed by atoms with Crippen molar-refractivity contribution in [3.63, 3.8) is 0 Å². The van der Waals surface area contributed by atoms with Crippen molar-refractivity contribution in [3.8, 4) is 5.69 Å². The van der Waals surface area contributed by atoms with Crippen molar-refractivity contribution in [1.29, 1.82) is 0 Å². The van der Waals surface area contributed by atoms with Crippen molar-refractivity contribution in [2.75, 3.05) is 13.6 Å². The van der Waals surface area contributed by atoms with E-state index in [9.17, 15) is 4.79 Å². The SMILES string of the molecule is Cc1nn(-c2ccc(Cl)cc2)c2sc(C(=O)N(C)CCc3ccccn3)cc12.Cl. The zero-order valence-corrected chi connectivity index (χ0v) is 18.4. The third-order valence-corrected chi connectivity index (χ3v) is 5.95. The van der Waals surface area contributed by atoms with Gasteiger partial charge in [-0.25, -0.2) is 4.68 Å². The number of halogens is 2. The topological polar surface area (TPSA) is 51.0 Å². The fourth-order valence-corrected chi connectivity index (χ4v) is 4.33. The van der Waals surface area contributed by atoms with Crippen molar-refractivity contribution < 1.29 is 4.79 Å². The quantitative estimate of drug-likeness (QED) is 0.424. The monoisotopic (exact) mass is 446 g/mol. The third-order valence-electron chi connectivity index (χ3n) is 4.60. The molecule has 0 unspecified atom stereocenters. The second kappa shape index (κ2) is 8.95. The Hall–Kier alpha value is -2.41. The second-order valence-corrected chi connectivity index (χ2v) is 8.07. The fourth-order valence-electron chi connectivity index (χ4n) is 3.03. The Morgan fingerprint density at radius 1 is 1.21 bits per heavy atom. The normalized spacial score (nSPS) is 10.7. The van der Waals surface area contributed by atoms with Crippen LogP contribution in [0.1, 0.15) is 21.1 Å². The highest BCUT2D eigenvalue weighted by Gasteiger charge is 2.19. The number of fused-ring (bicyclic) bond motifs is 1. The van der Waals surface area contributed by atoms with Crippen molar-refractivity contribution in [1.82, 2.24) is 19.7 Å². The number of benzene rings is 1. The van der Waals surface area contributed by atoms with Crippen molar-refractivity contribution in [2.45, 2.75) is 13.3 Å². The molecule has 3 aromatic heterocycles. The van der Waals surface area contributed by atoms with Crippen LogP contribution in [-0.2, 0) is 6.42 Å². The highest BCUT2D eigenvalue weighted by atomic mass is 35.5. The largest absolute Gasteiger partial charge is 0.341 e. The van der Waals surface area contributed by atoms with E-state index in [1.54, 1.807) is 11.1 Å². The summed E-state index contributed by atoms with van der Waals surface area (Å²) in [5.41, 5.74) is 2.80. The molecule has 3 heterocycles. The standard InChI is InChI=1S/C21H19ClN4OS.ClH/c1-14-18-13-19(20(27)25(2)12-10-16-5-3-4-11-23-16)28-21(18)26(24-14)17-8-6-15(22)7-9-17;/h3-9,11,13H,10,12H2,1-2H3;1H. The predicted molar refractivity (Wildman–Crippen MR) is 121 cm³/mol. The molecule has 0 saturated heterocycles. The lowest BCUT2D eigenvalue weighted by Gasteiger charge is -2.15. The summed E-state index contributed by atoms with van der Waals surface area (Å²) >= 11 is 7.46. The van der Waals surface area contributed by atoms with Gasteiger partial charge in [-0.1, -0.05) is 17.7 Å². The van der Waals surface area contributed by atoms with Gasteiger partial charge in [0, 0.05) is 42.3 Å². The summed E-state index contributed by atoms with van der Waals surface area (Å²) in [6, 6.07) is 15.3. The maximum Gasteiger partial charge on any atom is 0.263 e. The second-order valence-electron chi connectivity index (χ2n) is 6.60. The van der Waals surface area contributed by atoms with Gasteiger partial charge in [0.2, 0.25) is 0 Å². The van der Waals surface area contributed by atoms with Gasteiger partial charge in [-0.3, -0.25) is 9.78 Å². The molecule has 1 aromatic carbocycles. The Morgan fingerprint density at radius 2 is 1.97 bits per heavy atom. The predicted octanol–water partition coefficient (Wildman–Crippen LogP) is 5.18. The van der Waals surface area contributed by atoms with E-state index in [1.165, 1.54) is 11.3 Å². The molecule has 0 aliphatic rings. The summed E-state index contributed by atoms with van der Waals surface area (Å²) < 4.78 is 1.87. The van der Waals surface area contributed by atoms with E-state index in [4.69, 9.17) is 11.6 Å². The van der Waals surface area contributed by atoms with Gasteiger partial charge in [-0.05, 0) is 49.4 Å². The van der Waals surface area contributed by atoms with Gasteiger partial charge >= 0.3 is 0 Å². The molecular formula is C21H20Cl2N4OS. The van der Waals surface area contributed by atoms with Gasteiger partial charge < -0.3 is 4.90 Å². The molecule has 4 aromatic rings. The van der Waals surface area contributed by atoms with Crippen LogP contribution in [0.25, 0.3) is 15.9 Å². The van der Waals surface area contributed by atoms with E-state index in [2.05, 4.69) is 10.1 Å². The maximum atomic E-state index is 12.9. The number of amides is 1. The molecule has 0 atom stereocenters. The minimum absolute atomic E-state index is 0. The molecular weight excluding hydrogens is 427 g/mol. The summed E-state index contributed by atoms with van der Waals surface area (Å²) in [5, 5.41) is 6.30. The van der Waals surface area contributed by atoms with E-state index in [0.29, 0.717) is 16.4 Å². The van der Waals surface area contributed by atoms with Crippen LogP contribution in [-0.4, -0.2) is 39.2 Å². The molecule has 1 amide bonds. The molecule has 0 aliphatic carbocycles. The lowest BCUT2D eigenvalue weighted by molar-refractivity contribution is 0.0801. The van der Waals surface area contributed by atoms with Crippen LogP contribution in [0.2, 0.25) is 5.02 Å². The molecule has 0 radical (unpaired) electrons. The molecule has 0 fully saturated rings. The maximum absolute atomic E-state index is 12.9. The van der Waals surface area contributed by atoms with Crippen LogP contribution in [0, 0.1) is 6.92 Å². The van der Waals surface area contributed by atoms with Gasteiger partial charge in [0.25, 0.3) is 5.91 Å². The van der Waals surface area contributed by atoms with Crippen molar-refractivity contribution >= 4 is 51.5 Å². The minimum Gasteiger partial charge on any atom is -0.341 e. The Morgan fingerprint density at radius 3 is 2.66 bits per heavy atom. The van der Waals surface area contributed by atoms with Crippen molar-refractivity contribution in [2.24, 2.45) is 0 Å². The number of aromatic nitrogens is 3. The van der Waals surface area contributed by atoms with Gasteiger partial charge in [0.15, 0.2) is 0 Å². The Bertz CT molecular complexity index is 1120. The fraction of sp³-hybridized carbons (Fsp3) is 0.190. The average molecular weight is 447 g/mol. The number of aryl methyl sites for hydroxylation is 1. The molecule has 8 heteroatoms. The van der Waals surface area contributed by atoms with Crippen LogP contribution in [0.4, 0.5) is 0 Å². The number of rotatable bonds is 5. The van der Waals surface area contributed by atoms with E-state index >= 15 is 0 Å². The lowest BCUT2D eigenvalue weighted by atomic mass is 10.2. The molecule has 0 spiro atoms. The molecule has 0 aliphatic heterocycles. The Kier molecular flexibility index (Phi) is 6.57. The number of pyridine rings is 1. The Labute approximate surface area is 184 Å². The minimum atomic E-state index is 0. The summed E-state index contributed by atoms with van der Waals surface area (Å²) in [6.07, 6.45) is 2.50. The number of carbonyl (C=O) groups is 1. The van der Waals surface area contributed by atoms with Crippen LogP contribution in [0.3, 0.4) is 0 Å². The summed E-state index contributed by atoms with van der Waals surface area (Å²) in [7, 11) is 1.83. The molecule has 5 nitrogen and oxygen atoms in total. The smallest absolute Gasteiger partial charge is 0.263 e. The zero-order chi connectivity index (χ0) is 19.7. The molecule has 0 saturated carbocycles. The highest BCUT2D eigenvalue weighted by Crippen LogP contribution is 2.31. The number of carbonyl (C=O) groups excluding carboxylic acids is 1. The zero-order valence-electron chi connectivity index (χ0n) is 16.0. The van der Waals surface area contributed by atoms with E-state index < -0.39 is 0 Å². The first-order chi connectivity index (χ1) is 13.5. The molecule has 150 valence electrons. The number of thiophene rings is 1. The number of hydrogen-bond donors (Lipinski definition) is 0. The summed E-state index contributed by atoms with van der Waals surface area (Å²) in [4.78, 5) is 20.6. The van der Waals surface area contributed by atoms with Gasteiger partial charge in [0.1, 0.15) is 4.83 Å². The molecule has 4 rings (SSSR count). The van der Waals surface area contributed by atoms with E-state index in [-0.39, 0.29) is 18.3 Å². The Balaban J connectivity index is 0.00000240.